The van der Waals surface area contributed by atoms with Crippen molar-refractivity contribution in [3.63, 3.8) is 0 Å². The quantitative estimate of drug-likeness (QED) is 0.0422. The van der Waals surface area contributed by atoms with Gasteiger partial charge in [-0.2, -0.15) is 0 Å². The van der Waals surface area contributed by atoms with Crippen LogP contribution in [0.5, 0.6) is 0 Å². The van der Waals surface area contributed by atoms with Gasteiger partial charge < -0.3 is 59.9 Å². The van der Waals surface area contributed by atoms with E-state index in [1.165, 1.54) is 61.4 Å². The summed E-state index contributed by atoms with van der Waals surface area (Å²) in [4.78, 5) is 92.3. The number of alkyl carbamates (subject to hydrolysis) is 1. The standard InChI is InChI=1S/C43H53NO14.C22H25NO3/c1-22-26(55-37(51)32(48)30(24-15-11-9-12-16-24)44-38(52)58-39(3,4)5)20-43(53)35(56-36(50)25-17-13-10-14-18-25)33-41(8,34(49)31(47)29(22)40(43,6)7)27(46)19-28-42(33,21-54-28)57-23(2)45;1-21(2)11-12-22(3,4)18-13-16(9-10-17(18)21)23-19(24)14-5-7-15(8-6-14)20(25)26/h9-18,26-28,30-33,35,46-48,53H,19-21H2,1-8H3,(H,44,52);5-10,13H,11-12H2,1-4H3,(H,23,24)(H,25,26)/t26-,27-,28+,30-,31+,32+,33-,35-,41+,42-,43+;/m0./s1. The number of benzene rings is 4. The minimum Gasteiger partial charge on any atom is -0.478 e. The highest BCUT2D eigenvalue weighted by Crippen LogP contribution is 2.64. The van der Waals surface area contributed by atoms with Gasteiger partial charge in [-0.05, 0) is 135 Å². The minimum atomic E-state index is -2.35. The van der Waals surface area contributed by atoms with Gasteiger partial charge in [0, 0.05) is 36.4 Å². The summed E-state index contributed by atoms with van der Waals surface area (Å²) in [5.41, 5.74) is -3.92. The monoisotopic (exact) mass is 1160 g/mol. The number of ether oxygens (including phenoxy) is 5. The molecule has 7 N–H and O–H groups in total. The van der Waals surface area contributed by atoms with Crippen LogP contribution in [0.1, 0.15) is 163 Å². The zero-order chi connectivity index (χ0) is 61.9. The number of aromatic carboxylic acids is 1. The number of ketones is 1. The van der Waals surface area contributed by atoms with Crippen LogP contribution in [0.4, 0.5) is 10.5 Å². The molecule has 5 aliphatic rings. The lowest BCUT2D eigenvalue weighted by Crippen LogP contribution is -2.81. The van der Waals surface area contributed by atoms with E-state index in [9.17, 15) is 54.0 Å². The SMILES string of the molecule is CC(=O)O[C@@]12CO[C@@H]1C[C@H](O)[C@@]1(C)C(=O)[C@H](O)C3=C(C)[C@@H](OC(=O)[C@H](O)[C@@H](NC(=O)OC(C)(C)C)c4ccccc4)C[C@@](O)([C@@H](OC(=O)c4ccccc4)[C@H]21)C3(C)C.CC1(C)CCC(C)(C)c2cc(NC(=O)c3ccc(C(=O)O)cc3)ccc21. The van der Waals surface area contributed by atoms with Crippen LogP contribution in [0.15, 0.2) is 114 Å². The fourth-order valence-electron chi connectivity index (χ4n) is 13.2. The highest BCUT2D eigenvalue weighted by atomic mass is 16.6. The Bertz CT molecular complexity index is 3240. The molecule has 0 aromatic heterocycles. The van der Waals surface area contributed by atoms with E-state index in [0.717, 1.165) is 25.5 Å². The van der Waals surface area contributed by atoms with Gasteiger partial charge in [0.1, 0.15) is 35.6 Å². The second kappa shape index (κ2) is 22.9. The number of carboxylic acid groups (broad SMARTS) is 1. The highest BCUT2D eigenvalue weighted by molar-refractivity contribution is 6.05. The molecule has 2 amide bonds. The van der Waals surface area contributed by atoms with Crippen molar-refractivity contribution in [2.45, 2.75) is 179 Å². The molecular weight excluding hydrogens is 1080 g/mol. The number of carboxylic acids is 1. The Morgan fingerprint density at radius 3 is 1.90 bits per heavy atom. The molecule has 0 unspecified atom stereocenters. The fourth-order valence-corrected chi connectivity index (χ4v) is 13.2. The number of esters is 3. The Balaban J connectivity index is 0.000000294. The van der Waals surface area contributed by atoms with Crippen molar-refractivity contribution in [1.29, 1.82) is 0 Å². The van der Waals surface area contributed by atoms with E-state index in [1.54, 1.807) is 83.1 Å². The lowest BCUT2D eigenvalue weighted by Gasteiger charge is -2.67. The van der Waals surface area contributed by atoms with Crippen LogP contribution in [-0.2, 0) is 48.9 Å². The van der Waals surface area contributed by atoms with Gasteiger partial charge in [0.15, 0.2) is 17.5 Å². The van der Waals surface area contributed by atoms with Crippen LogP contribution in [0, 0.1) is 16.7 Å². The normalized spacial score (nSPS) is 28.6. The molecule has 9 rings (SSSR count). The summed E-state index contributed by atoms with van der Waals surface area (Å²) in [7, 11) is 0. The second-order valence-corrected chi connectivity index (χ2v) is 25.9. The molecule has 19 heteroatoms. The van der Waals surface area contributed by atoms with Crippen LogP contribution in [0.25, 0.3) is 0 Å². The number of nitrogens with one attached hydrogen (secondary N) is 2. The number of carbonyl (C=O) groups is 7. The van der Waals surface area contributed by atoms with Crippen LogP contribution >= 0.6 is 0 Å². The van der Waals surface area contributed by atoms with E-state index >= 15 is 0 Å². The zero-order valence-electron chi connectivity index (χ0n) is 49.6. The fraction of sp³-hybridized carbons (Fsp3) is 0.492. The summed E-state index contributed by atoms with van der Waals surface area (Å²) in [6.45, 7) is 20.8. The van der Waals surface area contributed by atoms with Crippen LogP contribution in [0.2, 0.25) is 0 Å². The number of Topliss-reactive ketones (excluding diaryl/α,β-unsaturated/α-hetero) is 1. The molecule has 4 aliphatic carbocycles. The number of amides is 2. The number of aliphatic hydroxyl groups is 4. The average molecular weight is 1160 g/mol. The topological polar surface area (TPSA) is 291 Å². The summed E-state index contributed by atoms with van der Waals surface area (Å²) >= 11 is 0. The van der Waals surface area contributed by atoms with Crippen molar-refractivity contribution in [2.75, 3.05) is 11.9 Å². The van der Waals surface area contributed by atoms with Gasteiger partial charge in [-0.1, -0.05) is 96.1 Å². The maximum Gasteiger partial charge on any atom is 0.408 e. The summed E-state index contributed by atoms with van der Waals surface area (Å²) in [5, 5.41) is 63.5. The predicted molar refractivity (Wildman–Crippen MR) is 307 cm³/mol. The Hall–Kier alpha value is -7.29. The van der Waals surface area contributed by atoms with Crippen LogP contribution in [-0.4, -0.2) is 127 Å². The van der Waals surface area contributed by atoms with E-state index in [0.29, 0.717) is 11.1 Å². The molecule has 2 bridgehead atoms. The highest BCUT2D eigenvalue weighted by Gasteiger charge is 2.78. The number of aliphatic hydroxyl groups excluding tert-OH is 3. The number of anilines is 1. The average Bonchev–Trinajstić information content (AvgIpc) is 0.681. The summed E-state index contributed by atoms with van der Waals surface area (Å²) in [6, 6.07) is 26.7. The second-order valence-electron chi connectivity index (χ2n) is 25.9. The maximum absolute atomic E-state index is 14.9. The van der Waals surface area contributed by atoms with Gasteiger partial charge in [-0.3, -0.25) is 14.4 Å². The first-order valence-electron chi connectivity index (χ1n) is 28.2. The molecule has 0 spiro atoms. The van der Waals surface area contributed by atoms with Crippen molar-refractivity contribution in [1.82, 2.24) is 5.32 Å². The molecule has 3 fully saturated rings. The summed E-state index contributed by atoms with van der Waals surface area (Å²) < 4.78 is 29.5. The molecule has 84 heavy (non-hydrogen) atoms. The first-order chi connectivity index (χ1) is 39.1. The molecule has 450 valence electrons. The largest absolute Gasteiger partial charge is 0.478 e. The van der Waals surface area contributed by atoms with Gasteiger partial charge in [0.2, 0.25) is 0 Å². The third-order valence-corrected chi connectivity index (χ3v) is 18.1. The summed E-state index contributed by atoms with van der Waals surface area (Å²) in [6.07, 6.45) is -9.22. The Kier molecular flexibility index (Phi) is 17.1. The maximum atomic E-state index is 14.9. The predicted octanol–water partition coefficient (Wildman–Crippen LogP) is 8.25. The number of hydrogen-bond acceptors (Lipinski definition) is 16. The van der Waals surface area contributed by atoms with E-state index < -0.39 is 118 Å². The minimum absolute atomic E-state index is 0.0637. The Morgan fingerprint density at radius 1 is 0.762 bits per heavy atom. The molecule has 2 saturated carbocycles. The molecule has 0 radical (unpaired) electrons. The lowest BCUT2D eigenvalue weighted by molar-refractivity contribution is -0.346. The smallest absolute Gasteiger partial charge is 0.408 e. The number of carbonyl (C=O) groups excluding carboxylic acids is 6. The van der Waals surface area contributed by atoms with E-state index in [-0.39, 0.29) is 52.0 Å². The molecule has 11 atom stereocenters. The first-order valence-corrected chi connectivity index (χ1v) is 28.2. The van der Waals surface area contributed by atoms with Crippen LogP contribution < -0.4 is 10.6 Å². The van der Waals surface area contributed by atoms with E-state index in [2.05, 4.69) is 50.5 Å². The van der Waals surface area contributed by atoms with Crippen LogP contribution in [0.3, 0.4) is 0 Å². The van der Waals surface area contributed by atoms with E-state index in [1.807, 2.05) is 6.07 Å². The number of fused-ring (bicyclic) bond motifs is 6. The van der Waals surface area contributed by atoms with Gasteiger partial charge in [-0.15, -0.1) is 0 Å². The number of rotatable bonds is 11. The van der Waals surface area contributed by atoms with E-state index in [4.69, 9.17) is 28.8 Å². The molecule has 1 saturated heterocycles. The van der Waals surface area contributed by atoms with Gasteiger partial charge >= 0.3 is 30.0 Å². The molecule has 1 heterocycles. The Labute approximate surface area is 489 Å². The molecule has 1 aliphatic heterocycles. The van der Waals surface area contributed by atoms with Gasteiger partial charge in [0.05, 0.1) is 41.2 Å². The van der Waals surface area contributed by atoms with Crippen molar-refractivity contribution < 1.29 is 82.8 Å². The van der Waals surface area contributed by atoms with Gasteiger partial charge in [-0.25, -0.2) is 19.2 Å². The first kappa shape index (κ1) is 62.7. The Morgan fingerprint density at radius 2 is 1.35 bits per heavy atom. The zero-order valence-corrected chi connectivity index (χ0v) is 49.6. The summed E-state index contributed by atoms with van der Waals surface area (Å²) in [5.74, 6) is -6.61. The number of hydrogen-bond donors (Lipinski definition) is 7. The third-order valence-electron chi connectivity index (χ3n) is 18.1. The van der Waals surface area contributed by atoms with Crippen molar-refractivity contribution in [2.24, 2.45) is 16.7 Å². The van der Waals surface area contributed by atoms with Crippen molar-refractivity contribution in [3.8, 4) is 0 Å². The molecule has 4 aromatic rings. The third kappa shape index (κ3) is 11.6. The lowest BCUT2D eigenvalue weighted by atomic mass is 9.44. The van der Waals surface area contributed by atoms with Crippen molar-refractivity contribution >= 4 is 47.3 Å². The van der Waals surface area contributed by atoms with Gasteiger partial charge in [0.25, 0.3) is 5.91 Å². The van der Waals surface area contributed by atoms with Crippen molar-refractivity contribution in [3.05, 3.63) is 148 Å². The molecular formula is C65H78N2O17. The molecule has 4 aromatic carbocycles. The molecule has 19 nitrogen and oxygen atoms in total.